The minimum Gasteiger partial charge on any atom is -0.306 e. The van der Waals surface area contributed by atoms with E-state index < -0.39 is 7.29 Å². The highest BCUT2D eigenvalue weighted by Crippen LogP contribution is 2.52. The van der Waals surface area contributed by atoms with Gasteiger partial charge in [-0.2, -0.15) is 0 Å². The quantitative estimate of drug-likeness (QED) is 0.585. The second-order valence-electron chi connectivity index (χ2n) is 5.54. The summed E-state index contributed by atoms with van der Waals surface area (Å²) >= 11 is 2.45. The zero-order valence-electron chi connectivity index (χ0n) is 13.9. The second kappa shape index (κ2) is 10.1. The summed E-state index contributed by atoms with van der Waals surface area (Å²) in [6.07, 6.45) is 1.04. The Balaban J connectivity index is 4.98. The van der Waals surface area contributed by atoms with E-state index >= 15 is 0 Å². The van der Waals surface area contributed by atoms with E-state index in [0.29, 0.717) is 23.8 Å². The smallest absolute Gasteiger partial charge is 0.185 e. The lowest BCUT2D eigenvalue weighted by Gasteiger charge is -2.38. The lowest BCUT2D eigenvalue weighted by atomic mass is 10.3. The van der Waals surface area contributed by atoms with E-state index in [1.54, 1.807) is 0 Å². The number of carbonyl (C=O) groups is 2. The van der Waals surface area contributed by atoms with Crippen molar-refractivity contribution < 1.29 is 14.2 Å². The first-order valence-electron chi connectivity index (χ1n) is 7.23. The number of hydrogen-bond donors (Lipinski definition) is 0. The van der Waals surface area contributed by atoms with Gasteiger partial charge in [-0.1, -0.05) is 23.5 Å². The van der Waals surface area contributed by atoms with Crippen LogP contribution < -0.4 is 0 Å². The van der Waals surface area contributed by atoms with E-state index in [4.69, 9.17) is 0 Å². The van der Waals surface area contributed by atoms with Crippen LogP contribution in [0.3, 0.4) is 0 Å². The third kappa shape index (κ3) is 8.44. The zero-order chi connectivity index (χ0) is 16.6. The van der Waals surface area contributed by atoms with Crippen molar-refractivity contribution in [1.82, 2.24) is 4.67 Å². The summed E-state index contributed by atoms with van der Waals surface area (Å²) < 4.78 is 15.5. The van der Waals surface area contributed by atoms with Crippen molar-refractivity contribution in [2.24, 2.45) is 0 Å². The Kier molecular flexibility index (Phi) is 10.2. The van der Waals surface area contributed by atoms with Gasteiger partial charge >= 0.3 is 0 Å². The normalized spacial score (nSPS) is 12.4. The summed E-state index contributed by atoms with van der Waals surface area (Å²) in [4.78, 5) is 22.2. The first-order valence-corrected chi connectivity index (χ1v) is 11.2. The van der Waals surface area contributed by atoms with Gasteiger partial charge < -0.3 is 4.57 Å². The molecule has 0 atom stereocenters. The molecule has 0 rings (SSSR count). The highest BCUT2D eigenvalue weighted by molar-refractivity contribution is 8.14. The van der Waals surface area contributed by atoms with E-state index in [2.05, 4.69) is 4.67 Å². The summed E-state index contributed by atoms with van der Waals surface area (Å²) in [5, 5.41) is 0.112. The molecule has 4 nitrogen and oxygen atoms in total. The van der Waals surface area contributed by atoms with Gasteiger partial charge in [-0.3, -0.25) is 9.59 Å². The van der Waals surface area contributed by atoms with Crippen LogP contribution in [0.5, 0.6) is 0 Å². The molecule has 7 heteroatoms. The number of nitrogens with zero attached hydrogens (tertiary/aromatic N) is 1. The Morgan fingerprint density at radius 2 is 1.24 bits per heavy atom. The fourth-order valence-electron chi connectivity index (χ4n) is 2.44. The third-order valence-corrected chi connectivity index (χ3v) is 8.82. The van der Waals surface area contributed by atoms with Gasteiger partial charge in [0.15, 0.2) is 17.5 Å². The maximum absolute atomic E-state index is 13.4. The summed E-state index contributed by atoms with van der Waals surface area (Å²) in [5.41, 5.74) is 0. The lowest BCUT2D eigenvalue weighted by Crippen LogP contribution is -2.36. The van der Waals surface area contributed by atoms with E-state index in [0.717, 1.165) is 0 Å². The molecule has 0 bridgehead atoms. The molecule has 0 heterocycles. The van der Waals surface area contributed by atoms with Crippen LogP contribution in [0, 0.1) is 0 Å². The van der Waals surface area contributed by atoms with Crippen molar-refractivity contribution in [2.45, 2.75) is 53.6 Å². The predicted molar refractivity (Wildman–Crippen MR) is 95.7 cm³/mol. The Labute approximate surface area is 137 Å². The molecule has 0 unspecified atom stereocenters. The summed E-state index contributed by atoms with van der Waals surface area (Å²) in [7, 11) is -2.57. The molecule has 0 saturated heterocycles. The molecular weight excluding hydrogens is 325 g/mol. The molecule has 0 aliphatic heterocycles. The number of rotatable bonds is 9. The van der Waals surface area contributed by atoms with Gasteiger partial charge in [0.1, 0.15) is 0 Å². The predicted octanol–water partition coefficient (Wildman–Crippen LogP) is 3.94. The number of hydrogen-bond acceptors (Lipinski definition) is 5. The second-order valence-corrected chi connectivity index (χ2v) is 11.1. The Morgan fingerprint density at radius 1 is 0.905 bits per heavy atom. The average molecular weight is 353 g/mol. The van der Waals surface area contributed by atoms with E-state index in [-0.39, 0.29) is 22.3 Å². The van der Waals surface area contributed by atoms with Crippen LogP contribution in [0.25, 0.3) is 0 Å². The van der Waals surface area contributed by atoms with Gasteiger partial charge in [-0.15, -0.1) is 0 Å². The van der Waals surface area contributed by atoms with E-state index in [1.165, 1.54) is 37.4 Å². The van der Waals surface area contributed by atoms with Gasteiger partial charge in [-0.25, -0.2) is 4.67 Å². The number of carbonyl (C=O) groups excluding carboxylic acids is 2. The van der Waals surface area contributed by atoms with Crippen LogP contribution in [0.1, 0.15) is 41.5 Å². The van der Waals surface area contributed by atoms with Gasteiger partial charge in [0.05, 0.1) is 0 Å². The zero-order valence-corrected chi connectivity index (χ0v) is 16.4. The average Bonchev–Trinajstić information content (AvgIpc) is 2.26. The van der Waals surface area contributed by atoms with Crippen LogP contribution in [-0.4, -0.2) is 50.8 Å². The molecule has 0 fully saturated rings. The fraction of sp³-hybridized carbons (Fsp3) is 0.857. The van der Waals surface area contributed by atoms with Crippen molar-refractivity contribution in [3.8, 4) is 0 Å². The SMILES string of the molecule is CC(=O)SCCP(=O)(CCSC(C)=O)N(C(C)C)C(C)C. The summed E-state index contributed by atoms with van der Waals surface area (Å²) in [6.45, 7) is 11.2. The molecule has 124 valence electrons. The van der Waals surface area contributed by atoms with Crippen LogP contribution in [-0.2, 0) is 14.2 Å². The topological polar surface area (TPSA) is 54.5 Å². The van der Waals surface area contributed by atoms with Crippen LogP contribution in [0.2, 0.25) is 0 Å². The van der Waals surface area contributed by atoms with Crippen molar-refractivity contribution >= 4 is 41.0 Å². The van der Waals surface area contributed by atoms with Crippen LogP contribution >= 0.6 is 30.8 Å². The maximum atomic E-state index is 13.4. The Bertz CT molecular complexity index is 368. The van der Waals surface area contributed by atoms with Gasteiger partial charge in [0.25, 0.3) is 0 Å². The maximum Gasteiger partial charge on any atom is 0.185 e. The van der Waals surface area contributed by atoms with Gasteiger partial charge in [-0.05, 0) is 27.7 Å². The standard InChI is InChI=1S/C14H28NO3PS2/c1-11(2)15(12(3)4)19(18,7-9-20-13(5)16)8-10-21-14(6)17/h11-12H,7-10H2,1-6H3. The summed E-state index contributed by atoms with van der Waals surface area (Å²) in [5.74, 6) is 1.15. The molecule has 0 aliphatic rings. The summed E-state index contributed by atoms with van der Waals surface area (Å²) in [6, 6.07) is 0.362. The first kappa shape index (κ1) is 21.2. The van der Waals surface area contributed by atoms with E-state index in [1.807, 2.05) is 27.7 Å². The van der Waals surface area contributed by atoms with Crippen molar-refractivity contribution in [1.29, 1.82) is 0 Å². The fourth-order valence-corrected chi connectivity index (χ4v) is 8.40. The van der Waals surface area contributed by atoms with Crippen LogP contribution in [0.4, 0.5) is 0 Å². The molecule has 0 radical (unpaired) electrons. The lowest BCUT2D eigenvalue weighted by molar-refractivity contribution is -0.109. The molecular formula is C14H28NO3PS2. The highest BCUT2D eigenvalue weighted by Gasteiger charge is 2.33. The molecule has 0 spiro atoms. The molecule has 0 aromatic heterocycles. The monoisotopic (exact) mass is 353 g/mol. The first-order chi connectivity index (χ1) is 9.60. The molecule has 0 N–H and O–H groups in total. The highest BCUT2D eigenvalue weighted by atomic mass is 32.2. The molecule has 0 amide bonds. The molecule has 0 aliphatic carbocycles. The minimum absolute atomic E-state index is 0.0558. The Morgan fingerprint density at radius 3 is 1.48 bits per heavy atom. The van der Waals surface area contributed by atoms with Crippen molar-refractivity contribution in [3.63, 3.8) is 0 Å². The molecule has 0 aromatic rings. The van der Waals surface area contributed by atoms with Gasteiger partial charge in [0, 0.05) is 49.8 Å². The molecule has 21 heavy (non-hydrogen) atoms. The van der Waals surface area contributed by atoms with E-state index in [9.17, 15) is 14.2 Å². The van der Waals surface area contributed by atoms with Crippen molar-refractivity contribution in [2.75, 3.05) is 23.8 Å². The molecule has 0 saturated carbocycles. The third-order valence-electron chi connectivity index (χ3n) is 2.97. The minimum atomic E-state index is -2.57. The van der Waals surface area contributed by atoms with Crippen LogP contribution in [0.15, 0.2) is 0 Å². The Hall–Kier alpha value is 0.230. The number of thioether (sulfide) groups is 2. The molecule has 0 aromatic carbocycles. The largest absolute Gasteiger partial charge is 0.306 e. The van der Waals surface area contributed by atoms with Gasteiger partial charge in [0.2, 0.25) is 0 Å². The van der Waals surface area contributed by atoms with Crippen molar-refractivity contribution in [3.05, 3.63) is 0 Å².